The highest BCUT2D eigenvalue weighted by Gasteiger charge is 2.35. The van der Waals surface area contributed by atoms with Crippen LogP contribution in [-0.4, -0.2) is 56.8 Å². The summed E-state index contributed by atoms with van der Waals surface area (Å²) >= 11 is 1.87. The van der Waals surface area contributed by atoms with Crippen molar-refractivity contribution in [3.05, 3.63) is 22.4 Å². The zero-order valence-corrected chi connectivity index (χ0v) is 19.6. The van der Waals surface area contributed by atoms with E-state index in [-0.39, 0.29) is 5.41 Å². The van der Waals surface area contributed by atoms with Crippen LogP contribution in [0.15, 0.2) is 22.5 Å². The first-order valence-electron chi connectivity index (χ1n) is 11.3. The molecule has 3 heterocycles. The molecule has 2 unspecified atom stereocenters. The summed E-state index contributed by atoms with van der Waals surface area (Å²) < 4.78 is 6.12. The van der Waals surface area contributed by atoms with E-state index in [1.165, 1.54) is 37.2 Å². The van der Waals surface area contributed by atoms with Crippen LogP contribution in [0.3, 0.4) is 0 Å². The molecule has 5 nitrogen and oxygen atoms in total. The molecule has 6 heteroatoms. The molecule has 0 spiro atoms. The van der Waals surface area contributed by atoms with Crippen LogP contribution in [0.4, 0.5) is 0 Å². The van der Waals surface area contributed by atoms with E-state index < -0.39 is 0 Å². The molecule has 3 rings (SSSR count). The number of hydrogen-bond acceptors (Lipinski definition) is 4. The lowest BCUT2D eigenvalue weighted by atomic mass is 9.78. The third kappa shape index (κ3) is 6.97. The Hall–Kier alpha value is -1.11. The first-order chi connectivity index (χ1) is 14.0. The van der Waals surface area contributed by atoms with Gasteiger partial charge in [-0.25, -0.2) is 0 Å². The van der Waals surface area contributed by atoms with Gasteiger partial charge < -0.3 is 15.4 Å². The summed E-state index contributed by atoms with van der Waals surface area (Å²) in [6.07, 6.45) is 5.23. The molecule has 2 atom stereocenters. The lowest BCUT2D eigenvalue weighted by molar-refractivity contribution is -0.0835. The summed E-state index contributed by atoms with van der Waals surface area (Å²) in [5, 5.41) is 9.32. The predicted octanol–water partition coefficient (Wildman–Crippen LogP) is 3.97. The summed E-state index contributed by atoms with van der Waals surface area (Å²) in [6.45, 7) is 13.2. The van der Waals surface area contributed by atoms with E-state index in [9.17, 15) is 0 Å². The number of likely N-dealkylation sites (tertiary alicyclic amines) is 1. The van der Waals surface area contributed by atoms with Crippen molar-refractivity contribution < 1.29 is 4.74 Å². The van der Waals surface area contributed by atoms with E-state index >= 15 is 0 Å². The van der Waals surface area contributed by atoms with Crippen molar-refractivity contribution in [1.82, 2.24) is 15.5 Å². The van der Waals surface area contributed by atoms with Crippen LogP contribution in [0.5, 0.6) is 0 Å². The Balaban J connectivity index is 1.37. The molecule has 2 N–H and O–H groups in total. The molecule has 164 valence electrons. The van der Waals surface area contributed by atoms with Crippen LogP contribution in [0.2, 0.25) is 0 Å². The zero-order valence-electron chi connectivity index (χ0n) is 18.7. The maximum atomic E-state index is 6.12. The Morgan fingerprint density at radius 3 is 2.62 bits per heavy atom. The molecule has 0 bridgehead atoms. The normalized spacial score (nSPS) is 25.2. The topological polar surface area (TPSA) is 48.9 Å². The number of hydrogen-bond donors (Lipinski definition) is 2. The Morgan fingerprint density at radius 1 is 1.21 bits per heavy atom. The molecule has 29 heavy (non-hydrogen) atoms. The molecule has 0 aliphatic carbocycles. The number of guanidine groups is 1. The van der Waals surface area contributed by atoms with Gasteiger partial charge in [0.25, 0.3) is 0 Å². The second kappa shape index (κ2) is 10.8. The molecule has 0 aromatic carbocycles. The van der Waals surface area contributed by atoms with Crippen LogP contribution in [-0.2, 0) is 11.3 Å². The van der Waals surface area contributed by atoms with Crippen LogP contribution in [0, 0.1) is 17.3 Å². The van der Waals surface area contributed by atoms with E-state index in [4.69, 9.17) is 4.74 Å². The second-order valence-electron chi connectivity index (χ2n) is 9.69. The number of thiophene rings is 1. The number of nitrogens with one attached hydrogen (secondary N) is 2. The molecule has 0 radical (unpaired) electrons. The van der Waals surface area contributed by atoms with Crippen LogP contribution in [0.1, 0.15) is 51.3 Å². The van der Waals surface area contributed by atoms with Gasteiger partial charge >= 0.3 is 0 Å². The SMILES string of the molecule is CN=C(NCC1CCN(Cc2cccs2)CC1)NCC1CCCOC1C(C)(C)C. The van der Waals surface area contributed by atoms with Crippen molar-refractivity contribution in [2.45, 2.75) is 59.1 Å². The molecular formula is C23H40N4OS. The van der Waals surface area contributed by atoms with E-state index in [1.807, 2.05) is 18.4 Å². The Kier molecular flexibility index (Phi) is 8.39. The van der Waals surface area contributed by atoms with E-state index in [0.717, 1.165) is 44.5 Å². The Bertz CT molecular complexity index is 617. The van der Waals surface area contributed by atoms with E-state index in [0.29, 0.717) is 12.0 Å². The van der Waals surface area contributed by atoms with Crippen molar-refractivity contribution in [1.29, 1.82) is 0 Å². The van der Waals surface area contributed by atoms with Crippen molar-refractivity contribution in [2.75, 3.05) is 39.8 Å². The van der Waals surface area contributed by atoms with Gasteiger partial charge in [0.05, 0.1) is 6.10 Å². The third-order valence-electron chi connectivity index (χ3n) is 6.28. The standard InChI is InChI=1S/C23H40N4OS/c1-23(2,3)21-19(7-5-13-28-21)16-26-22(24-4)25-15-18-9-11-27(12-10-18)17-20-8-6-14-29-20/h6,8,14,18-19,21H,5,7,9-13,15-17H2,1-4H3,(H2,24,25,26). The van der Waals surface area contributed by atoms with Gasteiger partial charge in [0, 0.05) is 44.1 Å². The molecule has 2 aliphatic heterocycles. The minimum absolute atomic E-state index is 0.181. The first kappa shape index (κ1) is 22.6. The fourth-order valence-corrected chi connectivity index (χ4v) is 5.42. The molecule has 2 aliphatic rings. The lowest BCUT2D eigenvalue weighted by Crippen LogP contribution is -2.48. The molecule has 2 fully saturated rings. The van der Waals surface area contributed by atoms with Gasteiger partial charge in [-0.2, -0.15) is 0 Å². The third-order valence-corrected chi connectivity index (χ3v) is 7.14. The molecule has 1 aromatic heterocycles. The monoisotopic (exact) mass is 420 g/mol. The molecular weight excluding hydrogens is 380 g/mol. The zero-order chi connectivity index (χ0) is 20.7. The van der Waals surface area contributed by atoms with Crippen LogP contribution >= 0.6 is 11.3 Å². The fraction of sp³-hybridized carbons (Fsp3) is 0.783. The second-order valence-corrected chi connectivity index (χ2v) is 10.7. The van der Waals surface area contributed by atoms with Gasteiger partial charge in [0.1, 0.15) is 0 Å². The molecule has 2 saturated heterocycles. The van der Waals surface area contributed by atoms with Crippen LogP contribution in [0.25, 0.3) is 0 Å². The van der Waals surface area contributed by atoms with Gasteiger partial charge in [-0.05, 0) is 61.6 Å². The minimum Gasteiger partial charge on any atom is -0.377 e. The Labute approximate surface area is 181 Å². The van der Waals surface area contributed by atoms with Gasteiger partial charge in [-0.3, -0.25) is 9.89 Å². The average Bonchev–Trinajstić information content (AvgIpc) is 3.22. The van der Waals surface area contributed by atoms with E-state index in [1.54, 1.807) is 0 Å². The van der Waals surface area contributed by atoms with Crippen molar-refractivity contribution >= 4 is 17.3 Å². The Morgan fingerprint density at radius 2 is 1.97 bits per heavy atom. The fourth-order valence-electron chi connectivity index (χ4n) is 4.67. The van der Waals surface area contributed by atoms with Crippen molar-refractivity contribution in [3.63, 3.8) is 0 Å². The van der Waals surface area contributed by atoms with Crippen LogP contribution < -0.4 is 10.6 Å². The van der Waals surface area contributed by atoms with Crippen molar-refractivity contribution in [2.24, 2.45) is 22.2 Å². The average molecular weight is 421 g/mol. The smallest absolute Gasteiger partial charge is 0.190 e. The number of piperidine rings is 1. The summed E-state index contributed by atoms with van der Waals surface area (Å²) in [5.41, 5.74) is 0.181. The number of ether oxygens (including phenoxy) is 1. The largest absolute Gasteiger partial charge is 0.377 e. The lowest BCUT2D eigenvalue weighted by Gasteiger charge is -2.40. The molecule has 1 aromatic rings. The number of aliphatic imine (C=N–C) groups is 1. The highest BCUT2D eigenvalue weighted by atomic mass is 32.1. The maximum absolute atomic E-state index is 6.12. The van der Waals surface area contributed by atoms with Gasteiger partial charge in [0.15, 0.2) is 5.96 Å². The summed E-state index contributed by atoms with van der Waals surface area (Å²) in [5.74, 6) is 2.21. The quantitative estimate of drug-likeness (QED) is 0.540. The highest BCUT2D eigenvalue weighted by molar-refractivity contribution is 7.09. The van der Waals surface area contributed by atoms with Gasteiger partial charge in [-0.15, -0.1) is 11.3 Å². The first-order valence-corrected chi connectivity index (χ1v) is 12.1. The number of rotatable bonds is 6. The van der Waals surface area contributed by atoms with Crippen molar-refractivity contribution in [3.8, 4) is 0 Å². The maximum Gasteiger partial charge on any atom is 0.190 e. The van der Waals surface area contributed by atoms with E-state index in [2.05, 4.69) is 58.8 Å². The minimum atomic E-state index is 0.181. The summed E-state index contributed by atoms with van der Waals surface area (Å²) in [6, 6.07) is 4.40. The van der Waals surface area contributed by atoms with Gasteiger partial charge in [-0.1, -0.05) is 26.8 Å². The number of nitrogens with zero attached hydrogens (tertiary/aromatic N) is 2. The molecule has 0 saturated carbocycles. The van der Waals surface area contributed by atoms with Gasteiger partial charge in [0.2, 0.25) is 0 Å². The summed E-state index contributed by atoms with van der Waals surface area (Å²) in [4.78, 5) is 8.52. The molecule has 0 amide bonds. The predicted molar refractivity (Wildman–Crippen MR) is 124 cm³/mol. The summed E-state index contributed by atoms with van der Waals surface area (Å²) in [7, 11) is 1.87. The highest BCUT2D eigenvalue weighted by Crippen LogP contribution is 2.33.